The van der Waals surface area contributed by atoms with Crippen molar-refractivity contribution in [3.63, 3.8) is 0 Å². The summed E-state index contributed by atoms with van der Waals surface area (Å²) >= 11 is 0. The Morgan fingerprint density at radius 2 is 2.18 bits per heavy atom. The first kappa shape index (κ1) is 11.2. The molecule has 1 aromatic rings. The van der Waals surface area contributed by atoms with Crippen molar-refractivity contribution in [2.75, 3.05) is 6.61 Å². The number of fused-ring (bicyclic) bond motifs is 1. The quantitative estimate of drug-likeness (QED) is 0.868. The summed E-state index contributed by atoms with van der Waals surface area (Å²) in [5, 5.41) is 0. The number of benzene rings is 1. The van der Waals surface area contributed by atoms with Crippen molar-refractivity contribution >= 4 is 0 Å². The van der Waals surface area contributed by atoms with Gasteiger partial charge in [-0.3, -0.25) is 0 Å². The molecule has 92 valence electrons. The van der Waals surface area contributed by atoms with Crippen LogP contribution in [0.3, 0.4) is 0 Å². The SMILES string of the molecule is CC1CC1C(N)CC1OCCc2ccccc21. The molecule has 1 aliphatic carbocycles. The van der Waals surface area contributed by atoms with Gasteiger partial charge in [-0.15, -0.1) is 0 Å². The molecule has 0 aromatic heterocycles. The zero-order valence-electron chi connectivity index (χ0n) is 10.4. The molecule has 1 aliphatic heterocycles. The van der Waals surface area contributed by atoms with Gasteiger partial charge in [0.2, 0.25) is 0 Å². The molecule has 17 heavy (non-hydrogen) atoms. The van der Waals surface area contributed by atoms with Crippen molar-refractivity contribution in [1.82, 2.24) is 0 Å². The van der Waals surface area contributed by atoms with E-state index in [0.717, 1.165) is 31.3 Å². The van der Waals surface area contributed by atoms with Gasteiger partial charge in [0.1, 0.15) is 0 Å². The summed E-state index contributed by atoms with van der Waals surface area (Å²) in [6.45, 7) is 3.13. The van der Waals surface area contributed by atoms with E-state index in [1.807, 2.05) is 0 Å². The molecule has 4 atom stereocenters. The van der Waals surface area contributed by atoms with E-state index in [9.17, 15) is 0 Å². The molecule has 2 heteroatoms. The van der Waals surface area contributed by atoms with E-state index in [1.54, 1.807) is 0 Å². The van der Waals surface area contributed by atoms with Crippen molar-refractivity contribution in [1.29, 1.82) is 0 Å². The number of hydrogen-bond donors (Lipinski definition) is 1. The van der Waals surface area contributed by atoms with E-state index in [4.69, 9.17) is 10.5 Å². The predicted molar refractivity (Wildman–Crippen MR) is 68.7 cm³/mol. The first-order valence-electron chi connectivity index (χ1n) is 6.70. The minimum atomic E-state index is 0.225. The highest BCUT2D eigenvalue weighted by Gasteiger charge is 2.39. The monoisotopic (exact) mass is 231 g/mol. The first-order valence-corrected chi connectivity index (χ1v) is 6.70. The summed E-state index contributed by atoms with van der Waals surface area (Å²) in [5.41, 5.74) is 9.09. The molecule has 0 bridgehead atoms. The topological polar surface area (TPSA) is 35.2 Å². The molecule has 0 spiro atoms. The van der Waals surface area contributed by atoms with Gasteiger partial charge in [-0.25, -0.2) is 0 Å². The van der Waals surface area contributed by atoms with Crippen LogP contribution in [0.5, 0.6) is 0 Å². The molecular formula is C15H21NO. The van der Waals surface area contributed by atoms with Gasteiger partial charge in [-0.2, -0.15) is 0 Å². The lowest BCUT2D eigenvalue weighted by molar-refractivity contribution is 0.0304. The summed E-state index contributed by atoms with van der Waals surface area (Å²) in [6, 6.07) is 8.94. The van der Waals surface area contributed by atoms with Gasteiger partial charge < -0.3 is 10.5 Å². The van der Waals surface area contributed by atoms with Gasteiger partial charge >= 0.3 is 0 Å². The highest BCUT2D eigenvalue weighted by atomic mass is 16.5. The van der Waals surface area contributed by atoms with Crippen LogP contribution in [0, 0.1) is 11.8 Å². The van der Waals surface area contributed by atoms with Crippen LogP contribution in [-0.2, 0) is 11.2 Å². The molecule has 2 aliphatic rings. The normalized spacial score (nSPS) is 32.9. The number of rotatable bonds is 3. The Hall–Kier alpha value is -0.860. The van der Waals surface area contributed by atoms with Gasteiger partial charge in [0, 0.05) is 6.04 Å². The summed E-state index contributed by atoms with van der Waals surface area (Å²) < 4.78 is 5.91. The van der Waals surface area contributed by atoms with Crippen molar-refractivity contribution in [2.24, 2.45) is 17.6 Å². The molecule has 1 aromatic carbocycles. The van der Waals surface area contributed by atoms with Gasteiger partial charge in [0.25, 0.3) is 0 Å². The summed E-state index contributed by atoms with van der Waals surface area (Å²) in [4.78, 5) is 0. The van der Waals surface area contributed by atoms with Crippen LogP contribution in [0.25, 0.3) is 0 Å². The van der Waals surface area contributed by atoms with E-state index in [0.29, 0.717) is 6.04 Å². The van der Waals surface area contributed by atoms with Crippen LogP contribution < -0.4 is 5.73 Å². The van der Waals surface area contributed by atoms with Gasteiger partial charge in [-0.05, 0) is 42.2 Å². The molecule has 0 amide bonds. The Morgan fingerprint density at radius 3 is 2.94 bits per heavy atom. The Kier molecular flexibility index (Phi) is 2.93. The summed E-state index contributed by atoms with van der Waals surface area (Å²) in [6.07, 6.45) is 3.55. The van der Waals surface area contributed by atoms with Gasteiger partial charge in [-0.1, -0.05) is 31.2 Å². The molecular weight excluding hydrogens is 210 g/mol. The van der Waals surface area contributed by atoms with Gasteiger partial charge in [0.15, 0.2) is 0 Å². The Labute approximate surface area is 103 Å². The lowest BCUT2D eigenvalue weighted by atomic mass is 9.92. The summed E-state index contributed by atoms with van der Waals surface area (Å²) in [7, 11) is 0. The van der Waals surface area contributed by atoms with E-state index in [-0.39, 0.29) is 6.10 Å². The minimum absolute atomic E-state index is 0.225. The zero-order valence-corrected chi connectivity index (χ0v) is 10.4. The van der Waals surface area contributed by atoms with E-state index < -0.39 is 0 Å². The van der Waals surface area contributed by atoms with E-state index in [1.165, 1.54) is 17.5 Å². The van der Waals surface area contributed by atoms with Crippen LogP contribution in [0.1, 0.15) is 37.0 Å². The smallest absolute Gasteiger partial charge is 0.0842 e. The molecule has 2 nitrogen and oxygen atoms in total. The fourth-order valence-corrected chi connectivity index (χ4v) is 3.04. The van der Waals surface area contributed by atoms with Crippen LogP contribution in [0.2, 0.25) is 0 Å². The second-order valence-electron chi connectivity index (χ2n) is 5.58. The average Bonchev–Trinajstić information content (AvgIpc) is 3.07. The Morgan fingerprint density at radius 1 is 1.41 bits per heavy atom. The van der Waals surface area contributed by atoms with E-state index in [2.05, 4.69) is 31.2 Å². The minimum Gasteiger partial charge on any atom is -0.373 e. The van der Waals surface area contributed by atoms with Crippen molar-refractivity contribution in [2.45, 2.75) is 38.3 Å². The maximum atomic E-state index is 6.28. The van der Waals surface area contributed by atoms with Gasteiger partial charge in [0.05, 0.1) is 12.7 Å². The molecule has 1 saturated carbocycles. The number of nitrogens with two attached hydrogens (primary N) is 1. The van der Waals surface area contributed by atoms with Crippen LogP contribution >= 0.6 is 0 Å². The second kappa shape index (κ2) is 4.43. The molecule has 4 unspecified atom stereocenters. The largest absolute Gasteiger partial charge is 0.373 e. The second-order valence-corrected chi connectivity index (χ2v) is 5.58. The molecule has 1 heterocycles. The molecule has 3 rings (SSSR count). The third-order valence-electron chi connectivity index (χ3n) is 4.30. The predicted octanol–water partition coefficient (Wildman–Crippen LogP) is 2.67. The molecule has 2 N–H and O–H groups in total. The molecule has 0 radical (unpaired) electrons. The van der Waals surface area contributed by atoms with Crippen LogP contribution in [0.4, 0.5) is 0 Å². The number of ether oxygens (including phenoxy) is 1. The Bertz CT molecular complexity index is 404. The fraction of sp³-hybridized carbons (Fsp3) is 0.600. The zero-order chi connectivity index (χ0) is 11.8. The average molecular weight is 231 g/mol. The van der Waals surface area contributed by atoms with Crippen molar-refractivity contribution in [3.8, 4) is 0 Å². The Balaban J connectivity index is 1.72. The van der Waals surface area contributed by atoms with Crippen LogP contribution in [0.15, 0.2) is 24.3 Å². The number of hydrogen-bond acceptors (Lipinski definition) is 2. The lowest BCUT2D eigenvalue weighted by Gasteiger charge is -2.28. The lowest BCUT2D eigenvalue weighted by Crippen LogP contribution is -2.29. The third kappa shape index (κ3) is 2.24. The van der Waals surface area contributed by atoms with Crippen molar-refractivity contribution in [3.05, 3.63) is 35.4 Å². The fourth-order valence-electron chi connectivity index (χ4n) is 3.04. The van der Waals surface area contributed by atoms with E-state index >= 15 is 0 Å². The maximum absolute atomic E-state index is 6.28. The highest BCUT2D eigenvalue weighted by Crippen LogP contribution is 2.43. The molecule has 1 fully saturated rings. The molecule has 0 saturated heterocycles. The van der Waals surface area contributed by atoms with Crippen LogP contribution in [-0.4, -0.2) is 12.6 Å². The first-order chi connectivity index (χ1) is 8.25. The standard InChI is InChI=1S/C15H21NO/c1-10-8-13(10)14(16)9-15-12-5-3-2-4-11(12)6-7-17-15/h2-5,10,13-15H,6-9,16H2,1H3. The van der Waals surface area contributed by atoms with Crippen molar-refractivity contribution < 1.29 is 4.74 Å². The maximum Gasteiger partial charge on any atom is 0.0842 e. The highest BCUT2D eigenvalue weighted by molar-refractivity contribution is 5.31. The summed E-state index contributed by atoms with van der Waals surface area (Å²) in [5.74, 6) is 1.55. The third-order valence-corrected chi connectivity index (χ3v) is 4.30.